The second kappa shape index (κ2) is 49.2. The zero-order valence-corrected chi connectivity index (χ0v) is 39.3. The van der Waals surface area contributed by atoms with E-state index in [4.69, 9.17) is 14.2 Å². The lowest BCUT2D eigenvalue weighted by Gasteiger charge is -2.18. The molecule has 0 fully saturated rings. The first-order valence-electron chi connectivity index (χ1n) is 24.3. The summed E-state index contributed by atoms with van der Waals surface area (Å²) in [7, 11) is 0. The lowest BCUT2D eigenvalue weighted by atomic mass is 10.1. The molecular formula is C56H86O6. The molecule has 0 aromatic carbocycles. The van der Waals surface area contributed by atoms with Crippen LogP contribution in [0.15, 0.2) is 134 Å². The number of carbonyl (C=O) groups excluding carboxylic acids is 3. The van der Waals surface area contributed by atoms with Crippen LogP contribution in [-0.4, -0.2) is 37.2 Å². The van der Waals surface area contributed by atoms with Crippen LogP contribution in [0.2, 0.25) is 0 Å². The Balaban J connectivity index is 4.55. The van der Waals surface area contributed by atoms with Gasteiger partial charge in [0, 0.05) is 19.3 Å². The second-order valence-electron chi connectivity index (χ2n) is 15.4. The van der Waals surface area contributed by atoms with Crippen molar-refractivity contribution in [1.82, 2.24) is 0 Å². The first kappa shape index (κ1) is 57.5. The van der Waals surface area contributed by atoms with Gasteiger partial charge in [0.1, 0.15) is 13.2 Å². The zero-order valence-electron chi connectivity index (χ0n) is 39.3. The third-order valence-electron chi connectivity index (χ3n) is 9.57. The van der Waals surface area contributed by atoms with Crippen molar-refractivity contribution in [1.29, 1.82) is 0 Å². The Bertz CT molecular complexity index is 1400. The lowest BCUT2D eigenvalue weighted by molar-refractivity contribution is -0.167. The number of rotatable bonds is 41. The Morgan fingerprint density at radius 1 is 0.339 bits per heavy atom. The van der Waals surface area contributed by atoms with Crippen LogP contribution in [0.4, 0.5) is 0 Å². The van der Waals surface area contributed by atoms with Gasteiger partial charge in [0.15, 0.2) is 6.10 Å². The van der Waals surface area contributed by atoms with E-state index in [1.54, 1.807) is 0 Å². The molecule has 0 aromatic heterocycles. The van der Waals surface area contributed by atoms with E-state index < -0.39 is 6.10 Å². The van der Waals surface area contributed by atoms with Gasteiger partial charge in [-0.2, -0.15) is 0 Å². The summed E-state index contributed by atoms with van der Waals surface area (Å²) in [5.74, 6) is -1.03. The maximum Gasteiger partial charge on any atom is 0.306 e. The zero-order chi connectivity index (χ0) is 45.1. The summed E-state index contributed by atoms with van der Waals surface area (Å²) in [4.78, 5) is 37.9. The molecule has 6 heteroatoms. The highest BCUT2D eigenvalue weighted by Crippen LogP contribution is 2.13. The van der Waals surface area contributed by atoms with Crippen LogP contribution < -0.4 is 0 Å². The summed E-state index contributed by atoms with van der Waals surface area (Å²) < 4.78 is 16.7. The van der Waals surface area contributed by atoms with Gasteiger partial charge < -0.3 is 14.2 Å². The summed E-state index contributed by atoms with van der Waals surface area (Å²) in [6.07, 6.45) is 68.7. The molecule has 0 saturated heterocycles. The van der Waals surface area contributed by atoms with Crippen molar-refractivity contribution in [3.05, 3.63) is 134 Å². The molecule has 0 spiro atoms. The second-order valence-corrected chi connectivity index (χ2v) is 15.4. The monoisotopic (exact) mass is 855 g/mol. The van der Waals surface area contributed by atoms with E-state index in [2.05, 4.69) is 99.8 Å². The fourth-order valence-electron chi connectivity index (χ4n) is 6.01. The lowest BCUT2D eigenvalue weighted by Crippen LogP contribution is -2.30. The molecule has 0 bridgehead atoms. The van der Waals surface area contributed by atoms with Crippen LogP contribution in [-0.2, 0) is 28.6 Å². The van der Waals surface area contributed by atoms with E-state index in [1.165, 1.54) is 32.1 Å². The average Bonchev–Trinajstić information content (AvgIpc) is 3.27. The fraction of sp³-hybridized carbons (Fsp3) is 0.554. The Kier molecular flexibility index (Phi) is 45.7. The molecule has 346 valence electrons. The summed E-state index contributed by atoms with van der Waals surface area (Å²) in [5.41, 5.74) is 0. The first-order valence-corrected chi connectivity index (χ1v) is 24.3. The number of carbonyl (C=O) groups is 3. The van der Waals surface area contributed by atoms with Crippen molar-refractivity contribution in [3.63, 3.8) is 0 Å². The highest BCUT2D eigenvalue weighted by atomic mass is 16.6. The molecule has 6 nitrogen and oxygen atoms in total. The van der Waals surface area contributed by atoms with Crippen molar-refractivity contribution in [3.8, 4) is 0 Å². The Morgan fingerprint density at radius 2 is 0.677 bits per heavy atom. The predicted octanol–water partition coefficient (Wildman–Crippen LogP) is 15.9. The molecule has 0 aliphatic carbocycles. The van der Waals surface area contributed by atoms with Gasteiger partial charge in [0.25, 0.3) is 0 Å². The van der Waals surface area contributed by atoms with Gasteiger partial charge >= 0.3 is 17.9 Å². The number of ether oxygens (including phenoxy) is 3. The quantitative estimate of drug-likeness (QED) is 0.0200. The topological polar surface area (TPSA) is 78.9 Å². The van der Waals surface area contributed by atoms with Gasteiger partial charge in [-0.25, -0.2) is 0 Å². The molecule has 1 atom stereocenters. The van der Waals surface area contributed by atoms with E-state index in [1.807, 2.05) is 54.7 Å². The number of hydrogen-bond donors (Lipinski definition) is 0. The molecule has 0 heterocycles. The van der Waals surface area contributed by atoms with Crippen molar-refractivity contribution >= 4 is 17.9 Å². The van der Waals surface area contributed by atoms with Gasteiger partial charge in [-0.1, -0.05) is 212 Å². The highest BCUT2D eigenvalue weighted by Gasteiger charge is 2.19. The van der Waals surface area contributed by atoms with Gasteiger partial charge in [0.05, 0.1) is 0 Å². The molecule has 0 aliphatic heterocycles. The highest BCUT2D eigenvalue weighted by molar-refractivity contribution is 5.71. The third kappa shape index (κ3) is 46.6. The molecule has 62 heavy (non-hydrogen) atoms. The number of hydrogen-bond acceptors (Lipinski definition) is 6. The predicted molar refractivity (Wildman–Crippen MR) is 265 cm³/mol. The minimum atomic E-state index is -0.823. The minimum Gasteiger partial charge on any atom is -0.462 e. The van der Waals surface area contributed by atoms with E-state index in [0.717, 1.165) is 103 Å². The molecule has 0 saturated carbocycles. The van der Waals surface area contributed by atoms with E-state index in [-0.39, 0.29) is 37.5 Å². The van der Waals surface area contributed by atoms with Crippen LogP contribution in [0.5, 0.6) is 0 Å². The van der Waals surface area contributed by atoms with Crippen LogP contribution in [0.25, 0.3) is 0 Å². The first-order chi connectivity index (χ1) is 30.5. The van der Waals surface area contributed by atoms with E-state index >= 15 is 0 Å². The van der Waals surface area contributed by atoms with Gasteiger partial charge in [-0.05, 0) is 83.5 Å². The number of esters is 3. The third-order valence-corrected chi connectivity index (χ3v) is 9.57. The van der Waals surface area contributed by atoms with Crippen molar-refractivity contribution in [2.45, 2.75) is 187 Å². The molecule has 0 radical (unpaired) electrons. The molecule has 0 aromatic rings. The smallest absolute Gasteiger partial charge is 0.306 e. The van der Waals surface area contributed by atoms with Crippen LogP contribution in [0, 0.1) is 0 Å². The Hall–Kier alpha value is -4.45. The normalized spacial score (nSPS) is 13.3. The van der Waals surface area contributed by atoms with Gasteiger partial charge in [-0.3, -0.25) is 14.4 Å². The molecule has 0 amide bonds. The summed E-state index contributed by atoms with van der Waals surface area (Å²) in [5, 5.41) is 0. The van der Waals surface area contributed by atoms with Crippen LogP contribution in [0.1, 0.15) is 181 Å². The van der Waals surface area contributed by atoms with Crippen molar-refractivity contribution in [2.75, 3.05) is 13.2 Å². The number of unbranched alkanes of at least 4 members (excludes halogenated alkanes) is 14. The maximum atomic E-state index is 12.8. The fourth-order valence-corrected chi connectivity index (χ4v) is 6.01. The van der Waals surface area contributed by atoms with Crippen molar-refractivity contribution < 1.29 is 28.6 Å². The standard InChI is InChI=1S/C56H86O6/c1-4-7-10-13-16-19-22-25-27-29-31-34-37-40-43-46-49-55(58)61-52-53(51-60-54(57)48-45-42-39-36-33-30-24-21-18-15-12-9-6-3)62-56(59)50-47-44-41-38-35-32-28-26-23-20-17-14-11-8-5-2/h7-12,14-21,23-25,27,30,33,36,39,53H,4-6,13,22,26,28-29,31-32,34-35,37-38,40-52H2,1-3H3/b10-7+,11-8+,12-9+,17-14+,18-15+,19-16+,23-20+,24-21+,27-25+,33-30+,39-36+. The molecule has 0 aliphatic rings. The summed E-state index contributed by atoms with van der Waals surface area (Å²) in [6, 6.07) is 0. The van der Waals surface area contributed by atoms with Gasteiger partial charge in [0.2, 0.25) is 0 Å². The average molecular weight is 855 g/mol. The summed E-state index contributed by atoms with van der Waals surface area (Å²) in [6.45, 7) is 6.14. The minimum absolute atomic E-state index is 0.118. The van der Waals surface area contributed by atoms with Crippen molar-refractivity contribution in [2.24, 2.45) is 0 Å². The molecular weight excluding hydrogens is 769 g/mol. The van der Waals surface area contributed by atoms with Gasteiger partial charge in [-0.15, -0.1) is 0 Å². The summed E-state index contributed by atoms with van der Waals surface area (Å²) >= 11 is 0. The van der Waals surface area contributed by atoms with Crippen LogP contribution >= 0.6 is 0 Å². The van der Waals surface area contributed by atoms with Crippen LogP contribution in [0.3, 0.4) is 0 Å². The Labute approximate surface area is 379 Å². The largest absolute Gasteiger partial charge is 0.462 e. The number of allylic oxidation sites excluding steroid dienone is 22. The molecule has 1 unspecified atom stereocenters. The van der Waals surface area contributed by atoms with E-state index in [0.29, 0.717) is 19.3 Å². The molecule has 0 rings (SSSR count). The molecule has 0 N–H and O–H groups in total. The van der Waals surface area contributed by atoms with E-state index in [9.17, 15) is 14.4 Å². The maximum absolute atomic E-state index is 12.8. The Morgan fingerprint density at radius 3 is 1.16 bits per heavy atom. The SMILES string of the molecule is CC/C=C/C=C/C=C/C=C/C=C/CCCC(=O)OCC(COC(=O)CCCCCCCC/C=C/C/C=C/C/C=C/CC)OC(=O)CCCCCCCCC/C=C/C=C/C=C/CC.